The van der Waals surface area contributed by atoms with Crippen LogP contribution in [0.25, 0.3) is 0 Å². The second kappa shape index (κ2) is 6.35. The van der Waals surface area contributed by atoms with Crippen LogP contribution in [0.4, 0.5) is 0 Å². The zero-order valence-electron chi connectivity index (χ0n) is 15.5. The predicted octanol–water partition coefficient (Wildman–Crippen LogP) is 4.04. The van der Waals surface area contributed by atoms with Crippen molar-refractivity contribution in [2.75, 3.05) is 19.6 Å². The standard InChI is InChI=1S/C23H25ClN2O/c24-19-7-5-18(6-8-19)23(9-10-23)21(27)26-13-11-22(12-14-26)16-25-15-17-3-1-2-4-20(17)22/h1-8,25H,9-16H2. The summed E-state index contributed by atoms with van der Waals surface area (Å²) >= 11 is 6.03. The van der Waals surface area contributed by atoms with E-state index in [0.29, 0.717) is 5.91 Å². The van der Waals surface area contributed by atoms with E-state index < -0.39 is 0 Å². The zero-order valence-corrected chi connectivity index (χ0v) is 16.3. The summed E-state index contributed by atoms with van der Waals surface area (Å²) in [5.41, 5.74) is 3.93. The minimum Gasteiger partial charge on any atom is -0.342 e. The third-order valence-electron chi connectivity index (χ3n) is 6.93. The molecular weight excluding hydrogens is 356 g/mol. The molecule has 2 fully saturated rings. The Kier molecular flexibility index (Phi) is 4.06. The Hall–Kier alpha value is -1.84. The molecule has 5 rings (SSSR count). The Morgan fingerprint density at radius 3 is 2.37 bits per heavy atom. The van der Waals surface area contributed by atoms with Crippen LogP contribution in [-0.4, -0.2) is 30.4 Å². The van der Waals surface area contributed by atoms with E-state index in [0.717, 1.165) is 62.4 Å². The smallest absolute Gasteiger partial charge is 0.233 e. The fourth-order valence-electron chi connectivity index (χ4n) is 5.13. The van der Waals surface area contributed by atoms with Crippen LogP contribution in [-0.2, 0) is 22.2 Å². The van der Waals surface area contributed by atoms with Gasteiger partial charge in [0.25, 0.3) is 0 Å². The highest BCUT2D eigenvalue weighted by Gasteiger charge is 2.54. The number of carbonyl (C=O) groups is 1. The van der Waals surface area contributed by atoms with Gasteiger partial charge in [0, 0.05) is 36.6 Å². The van der Waals surface area contributed by atoms with Crippen LogP contribution in [0.3, 0.4) is 0 Å². The monoisotopic (exact) mass is 380 g/mol. The first-order chi connectivity index (χ1) is 13.1. The van der Waals surface area contributed by atoms with Crippen LogP contribution in [0, 0.1) is 0 Å². The van der Waals surface area contributed by atoms with Crippen LogP contribution in [0.5, 0.6) is 0 Å². The molecular formula is C23H25ClN2O. The van der Waals surface area contributed by atoms with E-state index >= 15 is 0 Å². The molecule has 1 N–H and O–H groups in total. The average molecular weight is 381 g/mol. The molecule has 1 saturated heterocycles. The van der Waals surface area contributed by atoms with Crippen LogP contribution in [0.15, 0.2) is 48.5 Å². The van der Waals surface area contributed by atoms with Gasteiger partial charge in [-0.3, -0.25) is 4.79 Å². The molecule has 2 aromatic carbocycles. The molecule has 0 bridgehead atoms. The molecule has 2 aliphatic heterocycles. The maximum Gasteiger partial charge on any atom is 0.233 e. The number of nitrogens with one attached hydrogen (secondary N) is 1. The molecule has 0 atom stereocenters. The lowest BCUT2D eigenvalue weighted by atomic mass is 9.69. The van der Waals surface area contributed by atoms with E-state index in [2.05, 4.69) is 34.5 Å². The van der Waals surface area contributed by atoms with Gasteiger partial charge in [-0.05, 0) is 54.5 Å². The van der Waals surface area contributed by atoms with Gasteiger partial charge in [0.1, 0.15) is 0 Å². The number of piperidine rings is 1. The van der Waals surface area contributed by atoms with Gasteiger partial charge in [-0.2, -0.15) is 0 Å². The number of nitrogens with zero attached hydrogens (tertiary/aromatic N) is 1. The number of fused-ring (bicyclic) bond motifs is 2. The molecule has 2 heterocycles. The summed E-state index contributed by atoms with van der Waals surface area (Å²) in [6.07, 6.45) is 4.00. The van der Waals surface area contributed by atoms with Gasteiger partial charge in [0.2, 0.25) is 5.91 Å². The lowest BCUT2D eigenvalue weighted by Gasteiger charge is -2.46. The number of rotatable bonds is 2. The van der Waals surface area contributed by atoms with Crippen molar-refractivity contribution in [3.8, 4) is 0 Å². The SMILES string of the molecule is O=C(N1CCC2(CC1)CNCc1ccccc12)C1(c2ccc(Cl)cc2)CC1. The third kappa shape index (κ3) is 2.79. The lowest BCUT2D eigenvalue weighted by Crippen LogP contribution is -2.53. The molecule has 1 saturated carbocycles. The first-order valence-electron chi connectivity index (χ1n) is 9.98. The number of amides is 1. The molecule has 0 unspecified atom stereocenters. The molecule has 0 aromatic heterocycles. The molecule has 140 valence electrons. The molecule has 1 spiro atoms. The number of halogens is 1. The van der Waals surface area contributed by atoms with Crippen LogP contribution >= 0.6 is 11.6 Å². The molecule has 27 heavy (non-hydrogen) atoms. The minimum atomic E-state index is -0.294. The number of hydrogen-bond donors (Lipinski definition) is 1. The van der Waals surface area contributed by atoms with Crippen molar-refractivity contribution in [1.82, 2.24) is 10.2 Å². The number of carbonyl (C=O) groups excluding carboxylic acids is 1. The Balaban J connectivity index is 1.34. The summed E-state index contributed by atoms with van der Waals surface area (Å²) in [6, 6.07) is 16.7. The normalized spacial score (nSPS) is 22.3. The van der Waals surface area contributed by atoms with Crippen molar-refractivity contribution in [1.29, 1.82) is 0 Å². The van der Waals surface area contributed by atoms with E-state index in [1.165, 1.54) is 11.1 Å². The van der Waals surface area contributed by atoms with Gasteiger partial charge < -0.3 is 10.2 Å². The lowest BCUT2D eigenvalue weighted by molar-refractivity contribution is -0.135. The molecule has 2 aromatic rings. The molecule has 3 nitrogen and oxygen atoms in total. The summed E-state index contributed by atoms with van der Waals surface area (Å²) in [6.45, 7) is 3.68. The fraction of sp³-hybridized carbons (Fsp3) is 0.435. The molecule has 4 heteroatoms. The third-order valence-corrected chi connectivity index (χ3v) is 7.18. The number of benzene rings is 2. The number of hydrogen-bond acceptors (Lipinski definition) is 2. The van der Waals surface area contributed by atoms with Crippen molar-refractivity contribution in [2.45, 2.75) is 43.1 Å². The van der Waals surface area contributed by atoms with Gasteiger partial charge in [0.05, 0.1) is 5.41 Å². The van der Waals surface area contributed by atoms with E-state index in [1.54, 1.807) is 0 Å². The van der Waals surface area contributed by atoms with E-state index in [1.807, 2.05) is 24.3 Å². The van der Waals surface area contributed by atoms with Crippen molar-refractivity contribution >= 4 is 17.5 Å². The largest absolute Gasteiger partial charge is 0.342 e. The Bertz CT molecular complexity index is 864. The van der Waals surface area contributed by atoms with Gasteiger partial charge in [0.15, 0.2) is 0 Å². The second-order valence-corrected chi connectivity index (χ2v) is 8.86. The van der Waals surface area contributed by atoms with Gasteiger partial charge >= 0.3 is 0 Å². The van der Waals surface area contributed by atoms with Crippen molar-refractivity contribution < 1.29 is 4.79 Å². The maximum atomic E-state index is 13.4. The number of likely N-dealkylation sites (tertiary alicyclic amines) is 1. The highest BCUT2D eigenvalue weighted by molar-refractivity contribution is 6.30. The van der Waals surface area contributed by atoms with E-state index in [-0.39, 0.29) is 10.8 Å². The van der Waals surface area contributed by atoms with E-state index in [9.17, 15) is 4.79 Å². The molecule has 1 amide bonds. The predicted molar refractivity (Wildman–Crippen MR) is 108 cm³/mol. The van der Waals surface area contributed by atoms with Gasteiger partial charge in [-0.25, -0.2) is 0 Å². The first-order valence-corrected chi connectivity index (χ1v) is 10.4. The van der Waals surface area contributed by atoms with Crippen LogP contribution in [0.2, 0.25) is 5.02 Å². The highest BCUT2D eigenvalue weighted by Crippen LogP contribution is 2.50. The first kappa shape index (κ1) is 17.3. The minimum absolute atomic E-state index is 0.183. The molecule has 0 radical (unpaired) electrons. The fourth-order valence-corrected chi connectivity index (χ4v) is 5.26. The van der Waals surface area contributed by atoms with Crippen molar-refractivity contribution in [3.05, 3.63) is 70.2 Å². The molecule has 3 aliphatic rings. The highest BCUT2D eigenvalue weighted by atomic mass is 35.5. The van der Waals surface area contributed by atoms with Gasteiger partial charge in [-0.15, -0.1) is 0 Å². The quantitative estimate of drug-likeness (QED) is 0.852. The summed E-state index contributed by atoms with van der Waals surface area (Å²) in [5.74, 6) is 0.316. The Morgan fingerprint density at radius 2 is 1.67 bits per heavy atom. The van der Waals surface area contributed by atoms with Crippen LogP contribution in [0.1, 0.15) is 42.4 Å². The van der Waals surface area contributed by atoms with Crippen molar-refractivity contribution in [2.24, 2.45) is 0 Å². The summed E-state index contributed by atoms with van der Waals surface area (Å²) in [7, 11) is 0. The Morgan fingerprint density at radius 1 is 0.963 bits per heavy atom. The summed E-state index contributed by atoms with van der Waals surface area (Å²) < 4.78 is 0. The zero-order chi connectivity index (χ0) is 18.5. The second-order valence-electron chi connectivity index (χ2n) is 8.42. The van der Waals surface area contributed by atoms with Crippen molar-refractivity contribution in [3.63, 3.8) is 0 Å². The maximum absolute atomic E-state index is 13.4. The topological polar surface area (TPSA) is 32.3 Å². The summed E-state index contributed by atoms with van der Waals surface area (Å²) in [5, 5.41) is 4.33. The Labute approximate surface area is 165 Å². The van der Waals surface area contributed by atoms with E-state index in [4.69, 9.17) is 11.6 Å². The average Bonchev–Trinajstić information content (AvgIpc) is 3.51. The summed E-state index contributed by atoms with van der Waals surface area (Å²) in [4.78, 5) is 15.5. The van der Waals surface area contributed by atoms with Gasteiger partial charge in [-0.1, -0.05) is 48.0 Å². The molecule has 1 aliphatic carbocycles. The van der Waals surface area contributed by atoms with Crippen LogP contribution < -0.4 is 5.32 Å².